The second kappa shape index (κ2) is 34.7. The van der Waals surface area contributed by atoms with Crippen LogP contribution in [0, 0.1) is 12.1 Å². The predicted molar refractivity (Wildman–Crippen MR) is 477 cm³/mol. The van der Waals surface area contributed by atoms with E-state index in [0.29, 0.717) is 34.9 Å². The summed E-state index contributed by atoms with van der Waals surface area (Å²) in [4.78, 5) is 62.4. The Morgan fingerprint density at radius 3 is 0.966 bits per heavy atom. The van der Waals surface area contributed by atoms with Gasteiger partial charge in [-0.25, -0.2) is 29.9 Å². The van der Waals surface area contributed by atoms with E-state index in [-0.39, 0.29) is 95.8 Å². The molecule has 602 valence electrons. The molecule has 16 rings (SSSR count). The molecule has 5 aromatic heterocycles. The van der Waals surface area contributed by atoms with Gasteiger partial charge in [0.1, 0.15) is 0 Å². The molecule has 9 aromatic carbocycles. The van der Waals surface area contributed by atoms with E-state index in [9.17, 15) is 0 Å². The maximum Gasteiger partial charge on any atom is 0.316 e. The first-order valence-electron chi connectivity index (χ1n) is 39.5. The summed E-state index contributed by atoms with van der Waals surface area (Å²) in [6.45, 7) is 41.9. The molecule has 0 amide bonds. The third kappa shape index (κ3) is 19.1. The number of benzene rings is 9. The summed E-state index contributed by atoms with van der Waals surface area (Å²) in [5.41, 5.74) is 26.0. The van der Waals surface area contributed by atoms with Crippen molar-refractivity contribution in [3.8, 4) is 113 Å². The normalized spacial score (nSPS) is 13.2. The standard InChI is InChI=1S/C47H43N4.C46H42N5.2C5H8O2.2Ir/c1-45(2,3)32-22-17-29(18-23-32)42-49-43(30-19-24-33(25-20-30)46(4,5)6)51-44(50-42)37-28-41(48-40-16-12-10-14-36(37)40)31-21-26-35-34-13-9-11-15-38(34)47(7,8)39(35)27-31;1-44(2,3)31-18-13-28(14-19-31)41-49-42(29-15-20-32(21-16-29)45(4,5)6)51-43(50-41)35-26-40(48-39-23-24-47-27-36(35)39)30-17-22-34-33-11-9-10-12-37(33)46(7,8)38(34)25-30;2*1-4(6)3-5(2)7;;/h9-20,22-28H,1-8H3;9-16,18-27H,1-8H3;2*3,6H,1-2H3;;/q2*-1;;;;/p+2. The van der Waals surface area contributed by atoms with Crippen molar-refractivity contribution in [2.75, 3.05) is 0 Å². The van der Waals surface area contributed by atoms with Crippen molar-refractivity contribution in [1.29, 1.82) is 0 Å². The molecule has 0 aliphatic heterocycles. The Hall–Kier alpha value is -11.3. The molecule has 14 aromatic rings. The number of pyridine rings is 3. The summed E-state index contributed by atoms with van der Waals surface area (Å²) in [5, 5.41) is 18.7. The molecule has 0 unspecified atom stereocenters. The fourth-order valence-electron chi connectivity index (χ4n) is 15.1. The maximum absolute atomic E-state index is 8.40. The number of aliphatic hydroxyl groups excluding tert-OH is 2. The Morgan fingerprint density at radius 2 is 0.644 bits per heavy atom. The maximum atomic E-state index is 8.40. The Bertz CT molecular complexity index is 5620. The smallest absolute Gasteiger partial charge is 0.316 e. The molecule has 15 heteroatoms. The van der Waals surface area contributed by atoms with Crippen molar-refractivity contribution < 1.29 is 60.0 Å². The summed E-state index contributed by atoms with van der Waals surface area (Å²) in [6.07, 6.45) is 6.19. The molecule has 4 N–H and O–H groups in total. The third-order valence-electron chi connectivity index (χ3n) is 21.5. The van der Waals surface area contributed by atoms with Gasteiger partial charge in [-0.2, -0.15) is 0 Å². The quantitative estimate of drug-likeness (QED) is 0.0571. The van der Waals surface area contributed by atoms with Crippen LogP contribution in [0.2, 0.25) is 0 Å². The number of carbonyl (C=O) groups excluding carboxylic acids is 2. The van der Waals surface area contributed by atoms with E-state index in [2.05, 4.69) is 322 Å². The molecule has 2 radical (unpaired) electrons. The molecule has 0 saturated carbocycles. The zero-order valence-electron chi connectivity index (χ0n) is 71.0. The molecule has 0 atom stereocenters. The Kier molecular flexibility index (Phi) is 25.7. The first kappa shape index (κ1) is 87.5. The van der Waals surface area contributed by atoms with Crippen LogP contribution < -0.4 is 0 Å². The summed E-state index contributed by atoms with van der Waals surface area (Å²) in [6, 6.07) is 82.1. The first-order chi connectivity index (χ1) is 54.8. The van der Waals surface area contributed by atoms with E-state index in [0.717, 1.165) is 77.7 Å². The van der Waals surface area contributed by atoms with E-state index in [1.165, 1.54) is 107 Å². The van der Waals surface area contributed by atoms with Crippen LogP contribution in [0.4, 0.5) is 0 Å². The van der Waals surface area contributed by atoms with Gasteiger partial charge >= 0.3 is 11.6 Å². The number of ketones is 2. The number of fused-ring (bicyclic) bond motifs is 8. The van der Waals surface area contributed by atoms with E-state index in [1.807, 2.05) is 24.4 Å². The van der Waals surface area contributed by atoms with Gasteiger partial charge in [0.2, 0.25) is 0 Å². The fraction of sp³-hybridized carbons (Fsp3) is 0.252. The number of aromatic nitrogens is 9. The number of hydrogen-bond donors (Lipinski definition) is 2. The largest absolute Gasteiger partial charge is 0.512 e. The third-order valence-corrected chi connectivity index (χ3v) is 21.5. The van der Waals surface area contributed by atoms with Crippen molar-refractivity contribution in [1.82, 2.24) is 44.9 Å². The minimum atomic E-state index is -0.136. The summed E-state index contributed by atoms with van der Waals surface area (Å²) in [7, 11) is 0. The van der Waals surface area contributed by atoms with Gasteiger partial charge in [0.25, 0.3) is 0 Å². The van der Waals surface area contributed by atoms with Crippen LogP contribution in [-0.4, -0.2) is 76.2 Å². The average Bonchev–Trinajstić information content (AvgIpc) is 1.56. The van der Waals surface area contributed by atoms with Crippen LogP contribution >= 0.6 is 0 Å². The topological polar surface area (TPSA) is 199 Å². The number of hydrogen-bond acceptors (Lipinski definition) is 11. The Morgan fingerprint density at radius 1 is 0.339 bits per heavy atom. The van der Waals surface area contributed by atoms with Crippen LogP contribution in [0.15, 0.2) is 248 Å². The summed E-state index contributed by atoms with van der Waals surface area (Å²) >= 11 is 0. The fourth-order valence-corrected chi connectivity index (χ4v) is 15.1. The average molecular weight is 1920 g/mol. The van der Waals surface area contributed by atoms with E-state index < -0.39 is 0 Å². The molecule has 0 saturated heterocycles. The second-order valence-corrected chi connectivity index (χ2v) is 35.5. The van der Waals surface area contributed by atoms with Crippen LogP contribution in [0.3, 0.4) is 0 Å². The molecular weight excluding hydrogens is 1810 g/mol. The summed E-state index contributed by atoms with van der Waals surface area (Å²) in [5.74, 6) is 4.21. The monoisotopic (exact) mass is 1920 g/mol. The Balaban J connectivity index is 0.000000196. The van der Waals surface area contributed by atoms with Gasteiger partial charge < -0.3 is 10.2 Å². The van der Waals surface area contributed by atoms with Gasteiger partial charge in [-0.15, -0.1) is 58.7 Å². The van der Waals surface area contributed by atoms with E-state index >= 15 is 0 Å². The number of nitrogens with zero attached hydrogens (tertiary/aromatic N) is 9. The SMILES string of the molecule is CC(=[OH+])C=C(C)O.CC(=[OH+])C=C(C)O.CC(C)(C)c1ccc(-c2nc(-c3ccc(C(C)(C)C)cc3)nc(-c3cc(-c4[c-]cc5c(c4)C(C)(C)c4ccccc4-5)nc4ccccc34)n2)cc1.CC(C)(C)c1ccc(-c2nc(-c3ccc(C(C)(C)C)cc3)nc(-c3cc(-c4[c-]cc5c(c4)C(C)(C)c4ccccc4-5)nc4ccncc34)n2)cc1.[Ir].[Ir]. The minimum absolute atomic E-state index is 0. The van der Waals surface area contributed by atoms with Crippen molar-refractivity contribution >= 4 is 33.4 Å². The van der Waals surface area contributed by atoms with Crippen molar-refractivity contribution in [3.63, 3.8) is 0 Å². The molecule has 0 bridgehead atoms. The van der Waals surface area contributed by atoms with Crippen LogP contribution in [-0.2, 0) is 72.7 Å². The van der Waals surface area contributed by atoms with Crippen LogP contribution in [0.25, 0.3) is 135 Å². The van der Waals surface area contributed by atoms with Gasteiger partial charge in [0.15, 0.2) is 34.9 Å². The number of allylic oxidation sites excluding steroid dienone is 4. The van der Waals surface area contributed by atoms with Gasteiger partial charge in [-0.3, -0.25) is 24.5 Å². The van der Waals surface area contributed by atoms with Crippen molar-refractivity contribution in [2.45, 2.75) is 171 Å². The number of rotatable bonds is 10. The van der Waals surface area contributed by atoms with Crippen LogP contribution in [0.5, 0.6) is 0 Å². The zero-order valence-corrected chi connectivity index (χ0v) is 75.8. The molecule has 118 heavy (non-hydrogen) atoms. The number of aliphatic hydroxyl groups is 2. The minimum Gasteiger partial charge on any atom is -0.512 e. The molecule has 13 nitrogen and oxygen atoms in total. The Labute approximate surface area is 722 Å². The number of para-hydroxylation sites is 1. The van der Waals surface area contributed by atoms with Crippen molar-refractivity contribution in [2.24, 2.45) is 0 Å². The van der Waals surface area contributed by atoms with E-state index in [1.54, 1.807) is 6.20 Å². The summed E-state index contributed by atoms with van der Waals surface area (Å²) < 4.78 is 0. The molecule has 2 aliphatic rings. The van der Waals surface area contributed by atoms with Gasteiger partial charge in [0.05, 0.1) is 48.6 Å². The molecule has 0 spiro atoms. The predicted octanol–water partition coefficient (Wildman–Crippen LogP) is 25.0. The molecular formula is C103H103Ir2N9O4. The van der Waals surface area contributed by atoms with Crippen LogP contribution in [0.1, 0.15) is 183 Å². The molecule has 5 heterocycles. The molecule has 2 aliphatic carbocycles. The van der Waals surface area contributed by atoms with Crippen molar-refractivity contribution in [3.05, 3.63) is 305 Å². The first-order valence-corrected chi connectivity index (χ1v) is 39.5. The zero-order chi connectivity index (χ0) is 83.1. The molecule has 0 fully saturated rings. The van der Waals surface area contributed by atoms with Gasteiger partial charge in [0, 0.05) is 96.8 Å². The second-order valence-electron chi connectivity index (χ2n) is 35.5. The van der Waals surface area contributed by atoms with Gasteiger partial charge in [-0.05, 0) is 103 Å². The van der Waals surface area contributed by atoms with E-state index in [4.69, 9.17) is 59.7 Å². The van der Waals surface area contributed by atoms with Gasteiger partial charge in [-0.1, -0.05) is 309 Å².